The van der Waals surface area contributed by atoms with Crippen LogP contribution in [0.2, 0.25) is 0 Å². The van der Waals surface area contributed by atoms with Crippen LogP contribution < -0.4 is 14.8 Å². The second-order valence-electron chi connectivity index (χ2n) is 4.36. The molecule has 0 atom stereocenters. The molecule has 1 rings (SSSR count). The fourth-order valence-electron chi connectivity index (χ4n) is 1.79. The van der Waals surface area contributed by atoms with Gasteiger partial charge in [-0.25, -0.2) is 0 Å². The molecule has 0 spiro atoms. The number of terminal acetylenes is 1. The molecule has 0 fully saturated rings. The van der Waals surface area contributed by atoms with Crippen LogP contribution >= 0.6 is 0 Å². The zero-order valence-electron chi connectivity index (χ0n) is 11.9. The molecule has 0 aliphatic carbocycles. The number of methoxy groups -OCH3 is 1. The van der Waals surface area contributed by atoms with E-state index in [4.69, 9.17) is 15.9 Å². The zero-order chi connectivity index (χ0) is 13.9. The van der Waals surface area contributed by atoms with E-state index in [-0.39, 0.29) is 6.61 Å². The number of rotatable bonds is 9. The van der Waals surface area contributed by atoms with Crippen molar-refractivity contribution in [1.29, 1.82) is 0 Å². The SMILES string of the molecule is C#CCOc1ccc(CNCCCCC)cc1OC. The minimum absolute atomic E-state index is 0.255. The van der Waals surface area contributed by atoms with Crippen LogP contribution in [0.1, 0.15) is 31.7 Å². The maximum Gasteiger partial charge on any atom is 0.162 e. The first kappa shape index (κ1) is 15.4. The predicted octanol–water partition coefficient (Wildman–Crippen LogP) is 2.99. The largest absolute Gasteiger partial charge is 0.493 e. The van der Waals surface area contributed by atoms with Gasteiger partial charge in [0.25, 0.3) is 0 Å². The van der Waals surface area contributed by atoms with Crippen LogP contribution in [0.5, 0.6) is 11.5 Å². The van der Waals surface area contributed by atoms with Gasteiger partial charge in [0, 0.05) is 6.54 Å². The molecule has 0 aliphatic rings. The highest BCUT2D eigenvalue weighted by atomic mass is 16.5. The predicted molar refractivity (Wildman–Crippen MR) is 78.6 cm³/mol. The molecule has 0 aliphatic heterocycles. The molecule has 1 aromatic carbocycles. The average molecular weight is 261 g/mol. The number of ether oxygens (including phenoxy) is 2. The lowest BCUT2D eigenvalue weighted by atomic mass is 10.2. The fourth-order valence-corrected chi connectivity index (χ4v) is 1.79. The van der Waals surface area contributed by atoms with Crippen molar-refractivity contribution >= 4 is 0 Å². The summed E-state index contributed by atoms with van der Waals surface area (Å²) in [6.07, 6.45) is 8.92. The van der Waals surface area contributed by atoms with Gasteiger partial charge in [0.15, 0.2) is 11.5 Å². The van der Waals surface area contributed by atoms with E-state index in [2.05, 4.69) is 18.2 Å². The monoisotopic (exact) mass is 261 g/mol. The molecular weight excluding hydrogens is 238 g/mol. The highest BCUT2D eigenvalue weighted by molar-refractivity contribution is 5.43. The van der Waals surface area contributed by atoms with E-state index in [0.717, 1.165) is 18.8 Å². The zero-order valence-corrected chi connectivity index (χ0v) is 11.9. The van der Waals surface area contributed by atoms with Crippen molar-refractivity contribution in [1.82, 2.24) is 5.32 Å². The summed E-state index contributed by atoms with van der Waals surface area (Å²) in [7, 11) is 1.64. The van der Waals surface area contributed by atoms with E-state index in [1.54, 1.807) is 7.11 Å². The van der Waals surface area contributed by atoms with E-state index in [9.17, 15) is 0 Å². The minimum Gasteiger partial charge on any atom is -0.493 e. The standard InChI is InChI=1S/C16H23NO2/c1-4-6-7-10-17-13-14-8-9-15(19-11-5-2)16(12-14)18-3/h2,8-9,12,17H,4,6-7,10-11,13H2,1,3H3. The minimum atomic E-state index is 0.255. The molecule has 3 nitrogen and oxygen atoms in total. The van der Waals surface area contributed by atoms with Crippen LogP contribution in [0, 0.1) is 12.3 Å². The molecule has 0 unspecified atom stereocenters. The van der Waals surface area contributed by atoms with Gasteiger partial charge in [-0.2, -0.15) is 0 Å². The third-order valence-electron chi connectivity index (χ3n) is 2.83. The second-order valence-corrected chi connectivity index (χ2v) is 4.36. The van der Waals surface area contributed by atoms with Gasteiger partial charge in [-0.3, -0.25) is 0 Å². The lowest BCUT2D eigenvalue weighted by Gasteiger charge is -2.11. The van der Waals surface area contributed by atoms with Crippen molar-refractivity contribution in [2.45, 2.75) is 32.7 Å². The van der Waals surface area contributed by atoms with Gasteiger partial charge in [0.1, 0.15) is 6.61 Å². The summed E-state index contributed by atoms with van der Waals surface area (Å²) in [6.45, 7) is 4.35. The normalized spacial score (nSPS) is 9.95. The summed E-state index contributed by atoms with van der Waals surface area (Å²) in [5.74, 6) is 3.86. The molecule has 0 radical (unpaired) electrons. The maximum atomic E-state index is 5.41. The van der Waals surface area contributed by atoms with Gasteiger partial charge in [-0.05, 0) is 30.7 Å². The first-order valence-corrected chi connectivity index (χ1v) is 6.75. The van der Waals surface area contributed by atoms with Crippen LogP contribution in [0.4, 0.5) is 0 Å². The number of hydrogen-bond donors (Lipinski definition) is 1. The maximum absolute atomic E-state index is 5.41. The Morgan fingerprint density at radius 2 is 2.11 bits per heavy atom. The smallest absolute Gasteiger partial charge is 0.162 e. The number of hydrogen-bond acceptors (Lipinski definition) is 3. The molecule has 104 valence electrons. The Bertz CT molecular complexity index is 410. The molecule has 0 heterocycles. The van der Waals surface area contributed by atoms with E-state index in [1.165, 1.54) is 24.8 Å². The number of benzene rings is 1. The van der Waals surface area contributed by atoms with Crippen LogP contribution in [-0.2, 0) is 6.54 Å². The summed E-state index contributed by atoms with van der Waals surface area (Å²) in [6, 6.07) is 5.92. The molecule has 0 saturated carbocycles. The highest BCUT2D eigenvalue weighted by Crippen LogP contribution is 2.27. The Labute approximate surface area is 116 Å². The Morgan fingerprint density at radius 3 is 2.79 bits per heavy atom. The molecular formula is C16H23NO2. The van der Waals surface area contributed by atoms with Crippen LogP contribution in [0.25, 0.3) is 0 Å². The van der Waals surface area contributed by atoms with Gasteiger partial charge in [-0.1, -0.05) is 31.8 Å². The van der Waals surface area contributed by atoms with E-state index < -0.39 is 0 Å². The number of unbranched alkanes of at least 4 members (excludes halogenated alkanes) is 2. The van der Waals surface area contributed by atoms with E-state index in [1.807, 2.05) is 18.2 Å². The summed E-state index contributed by atoms with van der Waals surface area (Å²) in [4.78, 5) is 0. The van der Waals surface area contributed by atoms with Crippen LogP contribution in [0.15, 0.2) is 18.2 Å². The average Bonchev–Trinajstić information content (AvgIpc) is 2.45. The lowest BCUT2D eigenvalue weighted by Crippen LogP contribution is -2.14. The van der Waals surface area contributed by atoms with Gasteiger partial charge in [0.05, 0.1) is 7.11 Å². The van der Waals surface area contributed by atoms with Crippen molar-refractivity contribution < 1.29 is 9.47 Å². The topological polar surface area (TPSA) is 30.5 Å². The summed E-state index contributed by atoms with van der Waals surface area (Å²) < 4.78 is 10.7. The fraction of sp³-hybridized carbons (Fsp3) is 0.500. The quantitative estimate of drug-likeness (QED) is 0.547. The Morgan fingerprint density at radius 1 is 1.26 bits per heavy atom. The lowest BCUT2D eigenvalue weighted by molar-refractivity contribution is 0.330. The van der Waals surface area contributed by atoms with Crippen molar-refractivity contribution in [2.75, 3.05) is 20.3 Å². The van der Waals surface area contributed by atoms with Crippen molar-refractivity contribution in [2.24, 2.45) is 0 Å². The molecule has 19 heavy (non-hydrogen) atoms. The van der Waals surface area contributed by atoms with E-state index >= 15 is 0 Å². The van der Waals surface area contributed by atoms with Crippen molar-refractivity contribution in [3.05, 3.63) is 23.8 Å². The van der Waals surface area contributed by atoms with Crippen LogP contribution in [0.3, 0.4) is 0 Å². The molecule has 3 heteroatoms. The van der Waals surface area contributed by atoms with Gasteiger partial charge in [0.2, 0.25) is 0 Å². The second kappa shape index (κ2) is 9.29. The third-order valence-corrected chi connectivity index (χ3v) is 2.83. The van der Waals surface area contributed by atoms with Gasteiger partial charge < -0.3 is 14.8 Å². The Hall–Kier alpha value is -1.66. The van der Waals surface area contributed by atoms with Crippen molar-refractivity contribution in [3.8, 4) is 23.8 Å². The molecule has 1 aromatic rings. The summed E-state index contributed by atoms with van der Waals surface area (Å²) in [5, 5.41) is 3.42. The molecule has 1 N–H and O–H groups in total. The first-order valence-electron chi connectivity index (χ1n) is 6.75. The Kier molecular flexibility index (Phi) is 7.53. The van der Waals surface area contributed by atoms with Crippen molar-refractivity contribution in [3.63, 3.8) is 0 Å². The molecule has 0 bridgehead atoms. The number of nitrogens with one attached hydrogen (secondary N) is 1. The first-order chi connectivity index (χ1) is 9.31. The molecule has 0 saturated heterocycles. The molecule has 0 amide bonds. The Balaban J connectivity index is 2.49. The summed E-state index contributed by atoms with van der Waals surface area (Å²) in [5.41, 5.74) is 1.18. The third kappa shape index (κ3) is 5.67. The molecule has 0 aromatic heterocycles. The van der Waals surface area contributed by atoms with E-state index in [0.29, 0.717) is 5.75 Å². The van der Waals surface area contributed by atoms with Gasteiger partial charge in [-0.15, -0.1) is 6.42 Å². The van der Waals surface area contributed by atoms with Gasteiger partial charge >= 0.3 is 0 Å². The highest BCUT2D eigenvalue weighted by Gasteiger charge is 2.05. The van der Waals surface area contributed by atoms with Crippen LogP contribution in [-0.4, -0.2) is 20.3 Å². The summed E-state index contributed by atoms with van der Waals surface area (Å²) >= 11 is 0.